The lowest BCUT2D eigenvalue weighted by Crippen LogP contribution is -2.38. The minimum absolute atomic E-state index is 0. The van der Waals surface area contributed by atoms with Crippen LogP contribution in [0.1, 0.15) is 30.0 Å². The molecular formula is C14H22Br2N2O. The Morgan fingerprint density at radius 2 is 1.95 bits per heavy atom. The predicted molar refractivity (Wildman–Crippen MR) is 88.9 cm³/mol. The molecule has 0 amide bonds. The van der Waals surface area contributed by atoms with Gasteiger partial charge in [-0.25, -0.2) is 0 Å². The fraction of sp³-hybridized carbons (Fsp3) is 0.571. The van der Waals surface area contributed by atoms with Gasteiger partial charge in [-0.15, -0.1) is 34.0 Å². The summed E-state index contributed by atoms with van der Waals surface area (Å²) in [5.74, 6) is 0.394. The van der Waals surface area contributed by atoms with Crippen LogP contribution in [0.25, 0.3) is 0 Å². The molecule has 1 fully saturated rings. The van der Waals surface area contributed by atoms with E-state index in [2.05, 4.69) is 16.3 Å². The molecule has 0 radical (unpaired) electrons. The van der Waals surface area contributed by atoms with E-state index < -0.39 is 0 Å². The zero-order valence-corrected chi connectivity index (χ0v) is 14.4. The minimum atomic E-state index is 0. The number of hydrogen-bond donors (Lipinski definition) is 2. The van der Waals surface area contributed by atoms with Crippen molar-refractivity contribution in [2.45, 2.75) is 25.3 Å². The van der Waals surface area contributed by atoms with Gasteiger partial charge in [-0.2, -0.15) is 0 Å². The highest BCUT2D eigenvalue weighted by Crippen LogP contribution is 2.27. The zero-order chi connectivity index (χ0) is 11.7. The average Bonchev–Trinajstić information content (AvgIpc) is 2.82. The highest BCUT2D eigenvalue weighted by Gasteiger charge is 2.23. The second-order valence-electron chi connectivity index (χ2n) is 5.15. The van der Waals surface area contributed by atoms with Crippen LogP contribution in [-0.4, -0.2) is 36.2 Å². The van der Waals surface area contributed by atoms with E-state index in [-0.39, 0.29) is 34.0 Å². The monoisotopic (exact) mass is 392 g/mol. The Labute approximate surface area is 135 Å². The van der Waals surface area contributed by atoms with Gasteiger partial charge in [-0.1, -0.05) is 6.07 Å². The van der Waals surface area contributed by atoms with Crippen LogP contribution in [0, 0.1) is 0 Å². The van der Waals surface area contributed by atoms with Crippen molar-refractivity contribution in [2.75, 3.05) is 26.2 Å². The van der Waals surface area contributed by atoms with Crippen LogP contribution in [0.2, 0.25) is 0 Å². The Balaban J connectivity index is 0.000000902. The van der Waals surface area contributed by atoms with Crippen molar-refractivity contribution in [2.24, 2.45) is 0 Å². The number of fused-ring (bicyclic) bond motifs is 1. The van der Waals surface area contributed by atoms with Crippen molar-refractivity contribution in [3.63, 3.8) is 0 Å². The number of likely N-dealkylation sites (tertiary alicyclic amines) is 1. The smallest absolute Gasteiger partial charge is 0.115 e. The Bertz CT molecular complexity index is 408. The molecular weight excluding hydrogens is 372 g/mol. The highest BCUT2D eigenvalue weighted by atomic mass is 79.9. The van der Waals surface area contributed by atoms with Crippen molar-refractivity contribution < 1.29 is 5.11 Å². The van der Waals surface area contributed by atoms with E-state index in [9.17, 15) is 5.11 Å². The fourth-order valence-corrected chi connectivity index (χ4v) is 3.03. The third-order valence-corrected chi connectivity index (χ3v) is 3.93. The number of aromatic hydroxyl groups is 1. The maximum Gasteiger partial charge on any atom is 0.115 e. The first kappa shape index (κ1) is 17.0. The quantitative estimate of drug-likeness (QED) is 0.810. The Morgan fingerprint density at radius 3 is 2.68 bits per heavy atom. The van der Waals surface area contributed by atoms with Crippen molar-refractivity contribution in [3.05, 3.63) is 29.3 Å². The standard InChI is InChI=1S/C14H20N2O.2BrH/c17-12-3-4-13-11(9-12)5-6-15-14(13)10-16-7-1-2-8-16;;/h3-4,9,14-15,17H,1-2,5-8,10H2;2*1H. The molecule has 1 aromatic rings. The van der Waals surface area contributed by atoms with E-state index in [4.69, 9.17) is 0 Å². The molecule has 108 valence electrons. The first-order valence-corrected chi connectivity index (χ1v) is 6.60. The van der Waals surface area contributed by atoms with Gasteiger partial charge < -0.3 is 15.3 Å². The van der Waals surface area contributed by atoms with E-state index in [1.807, 2.05) is 12.1 Å². The summed E-state index contributed by atoms with van der Waals surface area (Å²) in [6, 6.07) is 6.26. The summed E-state index contributed by atoms with van der Waals surface area (Å²) in [6.45, 7) is 4.62. The number of halogens is 2. The number of nitrogens with zero attached hydrogens (tertiary/aromatic N) is 1. The maximum atomic E-state index is 9.53. The van der Waals surface area contributed by atoms with Crippen LogP contribution in [0.4, 0.5) is 0 Å². The zero-order valence-electron chi connectivity index (χ0n) is 11.0. The molecule has 2 aliphatic rings. The van der Waals surface area contributed by atoms with Crippen LogP contribution in [0.15, 0.2) is 18.2 Å². The first-order chi connectivity index (χ1) is 8.33. The number of phenols is 1. The summed E-state index contributed by atoms with van der Waals surface area (Å²) in [6.07, 6.45) is 3.71. The second kappa shape index (κ2) is 7.62. The van der Waals surface area contributed by atoms with Gasteiger partial charge in [0.25, 0.3) is 0 Å². The molecule has 5 heteroatoms. The van der Waals surface area contributed by atoms with Crippen LogP contribution in [0.5, 0.6) is 5.75 Å². The molecule has 2 aliphatic heterocycles. The molecule has 0 aromatic heterocycles. The molecule has 1 saturated heterocycles. The largest absolute Gasteiger partial charge is 0.508 e. The van der Waals surface area contributed by atoms with Gasteiger partial charge in [-0.3, -0.25) is 0 Å². The molecule has 0 spiro atoms. The van der Waals surface area contributed by atoms with Gasteiger partial charge in [0.05, 0.1) is 0 Å². The Hall–Kier alpha value is -0.100. The highest BCUT2D eigenvalue weighted by molar-refractivity contribution is 8.93. The molecule has 3 rings (SSSR count). The van der Waals surface area contributed by atoms with E-state index in [1.54, 1.807) is 0 Å². The topological polar surface area (TPSA) is 35.5 Å². The van der Waals surface area contributed by atoms with Crippen molar-refractivity contribution in [3.8, 4) is 5.75 Å². The van der Waals surface area contributed by atoms with Gasteiger partial charge in [0.15, 0.2) is 0 Å². The lowest BCUT2D eigenvalue weighted by Gasteiger charge is -2.30. The molecule has 3 nitrogen and oxygen atoms in total. The molecule has 2 heterocycles. The lowest BCUT2D eigenvalue weighted by molar-refractivity contribution is 0.287. The van der Waals surface area contributed by atoms with Crippen molar-refractivity contribution in [1.29, 1.82) is 0 Å². The first-order valence-electron chi connectivity index (χ1n) is 6.60. The van der Waals surface area contributed by atoms with Crippen LogP contribution >= 0.6 is 34.0 Å². The molecule has 19 heavy (non-hydrogen) atoms. The van der Waals surface area contributed by atoms with Gasteiger partial charge in [-0.05, 0) is 62.2 Å². The normalized spacial score (nSPS) is 22.2. The van der Waals surface area contributed by atoms with Gasteiger partial charge in [0.2, 0.25) is 0 Å². The third kappa shape index (κ3) is 3.94. The summed E-state index contributed by atoms with van der Waals surface area (Å²) < 4.78 is 0. The molecule has 1 atom stereocenters. The van der Waals surface area contributed by atoms with Gasteiger partial charge in [0, 0.05) is 12.6 Å². The molecule has 0 aliphatic carbocycles. The second-order valence-corrected chi connectivity index (χ2v) is 5.15. The van der Waals surface area contributed by atoms with E-state index in [0.717, 1.165) is 19.5 Å². The van der Waals surface area contributed by atoms with E-state index in [0.29, 0.717) is 11.8 Å². The van der Waals surface area contributed by atoms with Crippen LogP contribution < -0.4 is 5.32 Å². The SMILES string of the molecule is Br.Br.Oc1ccc2c(c1)CCNC2CN1CCCC1. The van der Waals surface area contributed by atoms with Crippen molar-refractivity contribution in [1.82, 2.24) is 10.2 Å². The predicted octanol–water partition coefficient (Wildman–Crippen LogP) is 2.83. The van der Waals surface area contributed by atoms with Crippen molar-refractivity contribution >= 4 is 34.0 Å². The number of hydrogen-bond acceptors (Lipinski definition) is 3. The molecule has 0 bridgehead atoms. The van der Waals surface area contributed by atoms with Gasteiger partial charge >= 0.3 is 0 Å². The summed E-state index contributed by atoms with van der Waals surface area (Å²) in [5, 5.41) is 13.1. The van der Waals surface area contributed by atoms with E-state index >= 15 is 0 Å². The van der Waals surface area contributed by atoms with Crippen LogP contribution in [-0.2, 0) is 6.42 Å². The third-order valence-electron chi connectivity index (χ3n) is 3.93. The molecule has 2 N–H and O–H groups in total. The summed E-state index contributed by atoms with van der Waals surface area (Å²) in [5.41, 5.74) is 2.69. The van der Waals surface area contributed by atoms with E-state index in [1.165, 1.54) is 37.1 Å². The maximum absolute atomic E-state index is 9.53. The molecule has 0 saturated carbocycles. The summed E-state index contributed by atoms with van der Waals surface area (Å²) in [7, 11) is 0. The summed E-state index contributed by atoms with van der Waals surface area (Å²) >= 11 is 0. The van der Waals surface area contributed by atoms with Gasteiger partial charge in [0.1, 0.15) is 5.75 Å². The fourth-order valence-electron chi connectivity index (χ4n) is 3.03. The summed E-state index contributed by atoms with van der Waals surface area (Å²) in [4.78, 5) is 2.54. The van der Waals surface area contributed by atoms with Crippen LogP contribution in [0.3, 0.4) is 0 Å². The number of benzene rings is 1. The number of nitrogens with one attached hydrogen (secondary N) is 1. The number of phenolic OH excluding ortho intramolecular Hbond substituents is 1. The Morgan fingerprint density at radius 1 is 1.21 bits per heavy atom. The minimum Gasteiger partial charge on any atom is -0.508 e. The molecule has 1 unspecified atom stereocenters. The lowest BCUT2D eigenvalue weighted by atomic mass is 9.94. The molecule has 1 aromatic carbocycles. The average molecular weight is 394 g/mol. The number of rotatable bonds is 2. The Kier molecular flexibility index (Phi) is 6.80.